The van der Waals surface area contributed by atoms with Gasteiger partial charge in [0.05, 0.1) is 27.7 Å². The van der Waals surface area contributed by atoms with E-state index in [4.69, 9.17) is 21.2 Å². The number of sulfonamides is 1. The Labute approximate surface area is 125 Å². The summed E-state index contributed by atoms with van der Waals surface area (Å²) in [6, 6.07) is 5.04. The van der Waals surface area contributed by atoms with Gasteiger partial charge in [0.1, 0.15) is 5.76 Å². The molecule has 21 heavy (non-hydrogen) atoms. The second-order valence-corrected chi connectivity index (χ2v) is 6.37. The van der Waals surface area contributed by atoms with Crippen LogP contribution >= 0.6 is 11.6 Å². The number of carboxylic acids is 1. The van der Waals surface area contributed by atoms with Crippen molar-refractivity contribution in [2.75, 3.05) is 0 Å². The van der Waals surface area contributed by atoms with Crippen molar-refractivity contribution in [3.05, 3.63) is 46.3 Å². The SMILES string of the molecule is Cc1cc(CNS(=O)(=O)c2ccc(Cl)c(C(=O)O)c2)no1. The van der Waals surface area contributed by atoms with Gasteiger partial charge in [-0.15, -0.1) is 0 Å². The van der Waals surface area contributed by atoms with Gasteiger partial charge >= 0.3 is 5.97 Å². The van der Waals surface area contributed by atoms with Gasteiger partial charge in [0, 0.05) is 6.07 Å². The first-order chi connectivity index (χ1) is 9.79. The molecule has 0 aliphatic rings. The van der Waals surface area contributed by atoms with Crippen LogP contribution in [0.4, 0.5) is 0 Å². The molecule has 0 amide bonds. The fourth-order valence-electron chi connectivity index (χ4n) is 1.59. The van der Waals surface area contributed by atoms with Crippen molar-refractivity contribution in [2.45, 2.75) is 18.4 Å². The molecule has 1 aromatic heterocycles. The molecule has 0 saturated carbocycles. The summed E-state index contributed by atoms with van der Waals surface area (Å²) in [6.07, 6.45) is 0. The number of carboxylic acid groups (broad SMARTS) is 1. The molecule has 0 unspecified atom stereocenters. The van der Waals surface area contributed by atoms with E-state index in [2.05, 4.69) is 9.88 Å². The number of rotatable bonds is 5. The van der Waals surface area contributed by atoms with Crippen LogP contribution in [0.2, 0.25) is 5.02 Å². The molecular formula is C12H11ClN2O5S. The second-order valence-electron chi connectivity index (χ2n) is 4.20. The number of nitrogens with one attached hydrogen (secondary N) is 1. The van der Waals surface area contributed by atoms with Crippen LogP contribution in [0.25, 0.3) is 0 Å². The van der Waals surface area contributed by atoms with Gasteiger partial charge in [-0.05, 0) is 25.1 Å². The van der Waals surface area contributed by atoms with Crippen LogP contribution in [0.15, 0.2) is 33.7 Å². The summed E-state index contributed by atoms with van der Waals surface area (Å²) in [5.74, 6) is -0.743. The van der Waals surface area contributed by atoms with Gasteiger partial charge in [-0.2, -0.15) is 0 Å². The summed E-state index contributed by atoms with van der Waals surface area (Å²) in [5, 5.41) is 12.6. The Morgan fingerprint density at radius 3 is 2.71 bits per heavy atom. The number of aromatic nitrogens is 1. The molecule has 7 nitrogen and oxygen atoms in total. The van der Waals surface area contributed by atoms with Crippen LogP contribution in [0.3, 0.4) is 0 Å². The fourth-order valence-corrected chi connectivity index (χ4v) is 2.81. The van der Waals surface area contributed by atoms with Crippen molar-refractivity contribution < 1.29 is 22.8 Å². The fraction of sp³-hybridized carbons (Fsp3) is 0.167. The van der Waals surface area contributed by atoms with E-state index in [0.29, 0.717) is 11.5 Å². The van der Waals surface area contributed by atoms with Crippen LogP contribution in [-0.2, 0) is 16.6 Å². The molecule has 2 rings (SSSR count). The number of nitrogens with zero attached hydrogens (tertiary/aromatic N) is 1. The molecule has 1 aromatic carbocycles. The lowest BCUT2D eigenvalue weighted by molar-refractivity contribution is 0.0697. The van der Waals surface area contributed by atoms with Gasteiger partial charge < -0.3 is 9.63 Å². The Bertz CT molecular complexity index is 785. The third kappa shape index (κ3) is 3.60. The summed E-state index contributed by atoms with van der Waals surface area (Å²) in [4.78, 5) is 10.8. The predicted molar refractivity (Wildman–Crippen MR) is 73.7 cm³/mol. The van der Waals surface area contributed by atoms with Gasteiger partial charge in [-0.3, -0.25) is 0 Å². The van der Waals surface area contributed by atoms with Crippen molar-refractivity contribution in [2.24, 2.45) is 0 Å². The summed E-state index contributed by atoms with van der Waals surface area (Å²) in [5.41, 5.74) is 0.139. The Morgan fingerprint density at radius 1 is 1.43 bits per heavy atom. The van der Waals surface area contributed by atoms with Gasteiger partial charge in [0.15, 0.2) is 0 Å². The molecule has 1 heterocycles. The molecule has 9 heteroatoms. The Hall–Kier alpha value is -1.90. The third-order valence-corrected chi connectivity index (χ3v) is 4.33. The zero-order valence-corrected chi connectivity index (χ0v) is 12.4. The number of benzene rings is 1. The lowest BCUT2D eigenvalue weighted by atomic mass is 10.2. The lowest BCUT2D eigenvalue weighted by Crippen LogP contribution is -2.23. The van der Waals surface area contributed by atoms with E-state index in [-0.39, 0.29) is 22.0 Å². The van der Waals surface area contributed by atoms with E-state index in [1.807, 2.05) is 0 Å². The first kappa shape index (κ1) is 15.5. The molecule has 0 spiro atoms. The van der Waals surface area contributed by atoms with E-state index < -0.39 is 16.0 Å². The smallest absolute Gasteiger partial charge is 0.337 e. The zero-order valence-electron chi connectivity index (χ0n) is 10.8. The molecule has 2 N–H and O–H groups in total. The highest BCUT2D eigenvalue weighted by Crippen LogP contribution is 2.20. The number of hydrogen-bond donors (Lipinski definition) is 2. The number of halogens is 1. The van der Waals surface area contributed by atoms with Crippen LogP contribution < -0.4 is 4.72 Å². The number of hydrogen-bond acceptors (Lipinski definition) is 5. The molecule has 0 bridgehead atoms. The summed E-state index contributed by atoms with van der Waals surface area (Å²) < 4.78 is 31.3. The minimum Gasteiger partial charge on any atom is -0.478 e. The van der Waals surface area contributed by atoms with E-state index in [9.17, 15) is 13.2 Å². The monoisotopic (exact) mass is 330 g/mol. The van der Waals surface area contributed by atoms with E-state index in [0.717, 1.165) is 6.07 Å². The Kier molecular flexibility index (Phi) is 4.31. The summed E-state index contributed by atoms with van der Waals surface area (Å²) in [7, 11) is -3.88. The van der Waals surface area contributed by atoms with E-state index >= 15 is 0 Å². The molecular weight excluding hydrogens is 320 g/mol. The number of aryl methyl sites for hydroxylation is 1. The van der Waals surface area contributed by atoms with Gasteiger partial charge in [0.25, 0.3) is 0 Å². The van der Waals surface area contributed by atoms with Crippen LogP contribution in [-0.4, -0.2) is 24.7 Å². The minimum atomic E-state index is -3.88. The van der Waals surface area contributed by atoms with E-state index in [1.165, 1.54) is 12.1 Å². The topological polar surface area (TPSA) is 110 Å². The van der Waals surface area contributed by atoms with E-state index in [1.54, 1.807) is 13.0 Å². The maximum atomic E-state index is 12.1. The highest BCUT2D eigenvalue weighted by molar-refractivity contribution is 7.89. The lowest BCUT2D eigenvalue weighted by Gasteiger charge is -2.07. The molecule has 0 aliphatic carbocycles. The summed E-state index contributed by atoms with van der Waals surface area (Å²) >= 11 is 5.70. The van der Waals surface area contributed by atoms with Crippen molar-refractivity contribution in [1.29, 1.82) is 0 Å². The molecule has 0 atom stereocenters. The van der Waals surface area contributed by atoms with Gasteiger partial charge in [-0.1, -0.05) is 16.8 Å². The predicted octanol–water partition coefficient (Wildman–Crippen LogP) is 1.81. The minimum absolute atomic E-state index is 0.0337. The Balaban J connectivity index is 2.23. The Morgan fingerprint density at radius 2 is 2.14 bits per heavy atom. The van der Waals surface area contributed by atoms with Crippen LogP contribution in [0, 0.1) is 6.92 Å². The highest BCUT2D eigenvalue weighted by Gasteiger charge is 2.18. The van der Waals surface area contributed by atoms with Crippen LogP contribution in [0.5, 0.6) is 0 Å². The molecule has 0 aliphatic heterocycles. The maximum Gasteiger partial charge on any atom is 0.337 e. The molecule has 112 valence electrons. The van der Waals surface area contributed by atoms with Crippen molar-refractivity contribution >= 4 is 27.6 Å². The normalized spacial score (nSPS) is 11.5. The van der Waals surface area contributed by atoms with Crippen molar-refractivity contribution in [3.8, 4) is 0 Å². The number of carbonyl (C=O) groups is 1. The van der Waals surface area contributed by atoms with Gasteiger partial charge in [-0.25, -0.2) is 17.9 Å². The molecule has 0 saturated heterocycles. The first-order valence-corrected chi connectivity index (χ1v) is 7.60. The molecule has 2 aromatic rings. The molecule has 0 fully saturated rings. The second kappa shape index (κ2) is 5.84. The average molecular weight is 331 g/mol. The average Bonchev–Trinajstić information content (AvgIpc) is 2.82. The number of aromatic carboxylic acids is 1. The first-order valence-electron chi connectivity index (χ1n) is 5.74. The largest absolute Gasteiger partial charge is 0.478 e. The van der Waals surface area contributed by atoms with Gasteiger partial charge in [0.2, 0.25) is 10.0 Å². The standard InChI is InChI=1S/C12H11ClN2O5S/c1-7-4-8(15-20-7)6-14-21(18,19)9-2-3-11(13)10(5-9)12(16)17/h2-5,14H,6H2,1H3,(H,16,17). The maximum absolute atomic E-state index is 12.1. The van der Waals surface area contributed by atoms with Crippen LogP contribution in [0.1, 0.15) is 21.8 Å². The van der Waals surface area contributed by atoms with Crippen molar-refractivity contribution in [3.63, 3.8) is 0 Å². The quantitative estimate of drug-likeness (QED) is 0.865. The summed E-state index contributed by atoms with van der Waals surface area (Å²) in [6.45, 7) is 1.62. The highest BCUT2D eigenvalue weighted by atomic mass is 35.5. The zero-order chi connectivity index (χ0) is 15.6. The molecule has 0 radical (unpaired) electrons. The third-order valence-electron chi connectivity index (χ3n) is 2.60. The van der Waals surface area contributed by atoms with Crippen molar-refractivity contribution in [1.82, 2.24) is 9.88 Å².